The number of carbonyl (C=O) groups excluding carboxylic acids is 1. The van der Waals surface area contributed by atoms with Gasteiger partial charge >= 0.3 is 0 Å². The molecule has 2 N–H and O–H groups in total. The first-order valence-electron chi connectivity index (χ1n) is 10.7. The van der Waals surface area contributed by atoms with Crippen molar-refractivity contribution in [2.24, 2.45) is 0 Å². The molecule has 3 aromatic rings. The van der Waals surface area contributed by atoms with E-state index in [0.717, 1.165) is 11.4 Å². The molecule has 2 heterocycles. The second-order valence-electron chi connectivity index (χ2n) is 7.98. The Labute approximate surface area is 192 Å². The van der Waals surface area contributed by atoms with Crippen LogP contribution in [0.1, 0.15) is 12.8 Å². The molecule has 170 valence electrons. The predicted octanol–water partition coefficient (Wildman–Crippen LogP) is 4.51. The van der Waals surface area contributed by atoms with Crippen molar-refractivity contribution in [1.29, 1.82) is 0 Å². The number of carbonyl (C=O) groups is 1. The first-order valence-corrected chi connectivity index (χ1v) is 10.7. The van der Waals surface area contributed by atoms with Gasteiger partial charge in [0.05, 0.1) is 6.54 Å². The van der Waals surface area contributed by atoms with E-state index in [1.807, 2.05) is 54.6 Å². The third-order valence-corrected chi connectivity index (χ3v) is 5.66. The molecule has 0 bridgehead atoms. The number of ether oxygens (including phenoxy) is 1. The Balaban J connectivity index is 1.56. The van der Waals surface area contributed by atoms with Crippen molar-refractivity contribution in [3.8, 4) is 11.5 Å². The summed E-state index contributed by atoms with van der Waals surface area (Å²) in [6, 6.07) is 18.5. The van der Waals surface area contributed by atoms with Gasteiger partial charge in [0.1, 0.15) is 35.1 Å². The van der Waals surface area contributed by atoms with Crippen molar-refractivity contribution in [1.82, 2.24) is 14.9 Å². The number of para-hydroxylation sites is 1. The average molecular weight is 448 g/mol. The summed E-state index contributed by atoms with van der Waals surface area (Å²) in [5.74, 6) is 2.02. The molecule has 8 heteroatoms. The molecule has 1 aliphatic rings. The average Bonchev–Trinajstić information content (AvgIpc) is 2.84. The van der Waals surface area contributed by atoms with Crippen LogP contribution in [0.25, 0.3) is 0 Å². The minimum atomic E-state index is -1.50. The molecule has 0 spiro atoms. The molecule has 0 unspecified atom stereocenters. The lowest BCUT2D eigenvalue weighted by molar-refractivity contribution is -0.128. The number of amides is 1. The third-order valence-electron chi connectivity index (χ3n) is 5.66. The summed E-state index contributed by atoms with van der Waals surface area (Å²) >= 11 is 0. The molecule has 1 aromatic heterocycles. The Morgan fingerprint density at radius 1 is 1.12 bits per heavy atom. The quantitative estimate of drug-likeness (QED) is 0.537. The van der Waals surface area contributed by atoms with Crippen LogP contribution >= 0.6 is 0 Å². The molecule has 1 amide bonds. The van der Waals surface area contributed by atoms with E-state index in [1.165, 1.54) is 12.4 Å². The summed E-state index contributed by atoms with van der Waals surface area (Å²) < 4.78 is 21.8. The Morgan fingerprint density at radius 3 is 2.42 bits per heavy atom. The lowest BCUT2D eigenvalue weighted by atomic mass is 9.92. The molecule has 33 heavy (non-hydrogen) atoms. The predicted molar refractivity (Wildman–Crippen MR) is 126 cm³/mol. The standard InChI is InChI=1S/C25H26FN5O2/c1-2-24(32)30-14-12-25(26,13-15-30)17-31(23-16-22(27)28-18-29-23)19-8-10-21(11-9-19)33-20-6-4-3-5-7-20/h2-11,16,18H,1,12-15,17H2,(H2,27,28,29). The van der Waals surface area contributed by atoms with Crippen molar-refractivity contribution in [2.75, 3.05) is 30.3 Å². The van der Waals surface area contributed by atoms with Crippen molar-refractivity contribution in [3.05, 3.63) is 79.6 Å². The molecule has 0 aliphatic carbocycles. The number of hydrogen-bond donors (Lipinski definition) is 1. The summed E-state index contributed by atoms with van der Waals surface area (Å²) in [4.78, 5) is 23.6. The van der Waals surface area contributed by atoms with Gasteiger partial charge in [-0.15, -0.1) is 0 Å². The highest BCUT2D eigenvalue weighted by atomic mass is 19.1. The van der Waals surface area contributed by atoms with Crippen LogP contribution in [0.5, 0.6) is 11.5 Å². The molecule has 2 aromatic carbocycles. The molecule has 1 saturated heterocycles. The van der Waals surface area contributed by atoms with E-state index in [-0.39, 0.29) is 25.3 Å². The van der Waals surface area contributed by atoms with Crippen LogP contribution < -0.4 is 15.4 Å². The molecule has 4 rings (SSSR count). The zero-order valence-corrected chi connectivity index (χ0v) is 18.2. The topological polar surface area (TPSA) is 84.6 Å². The summed E-state index contributed by atoms with van der Waals surface area (Å²) in [5, 5.41) is 0. The van der Waals surface area contributed by atoms with Crippen LogP contribution in [-0.4, -0.2) is 46.1 Å². The molecule has 1 aliphatic heterocycles. The molecule has 0 radical (unpaired) electrons. The number of alkyl halides is 1. The molecule has 1 fully saturated rings. The Morgan fingerprint density at radius 2 is 1.79 bits per heavy atom. The van der Waals surface area contributed by atoms with E-state index >= 15 is 4.39 Å². The largest absolute Gasteiger partial charge is 0.457 e. The summed E-state index contributed by atoms with van der Waals surface area (Å²) in [6.45, 7) is 4.26. The maximum absolute atomic E-state index is 15.9. The highest BCUT2D eigenvalue weighted by Crippen LogP contribution is 2.34. The first-order chi connectivity index (χ1) is 16.0. The van der Waals surface area contributed by atoms with Gasteiger partial charge in [-0.05, 0) is 42.5 Å². The second-order valence-corrected chi connectivity index (χ2v) is 7.98. The number of piperidine rings is 1. The van der Waals surface area contributed by atoms with Gasteiger partial charge in [0.25, 0.3) is 0 Å². The van der Waals surface area contributed by atoms with E-state index in [1.54, 1.807) is 15.9 Å². The Hall–Kier alpha value is -3.94. The van der Waals surface area contributed by atoms with Crippen LogP contribution in [0.2, 0.25) is 0 Å². The number of benzene rings is 2. The van der Waals surface area contributed by atoms with Gasteiger partial charge in [0.2, 0.25) is 5.91 Å². The monoisotopic (exact) mass is 447 g/mol. The zero-order chi connectivity index (χ0) is 23.3. The second kappa shape index (κ2) is 9.68. The van der Waals surface area contributed by atoms with E-state index in [4.69, 9.17) is 10.5 Å². The zero-order valence-electron chi connectivity index (χ0n) is 18.2. The van der Waals surface area contributed by atoms with Gasteiger partial charge in [-0.3, -0.25) is 4.79 Å². The van der Waals surface area contributed by atoms with Gasteiger partial charge in [0, 0.05) is 37.7 Å². The van der Waals surface area contributed by atoms with Crippen LogP contribution in [-0.2, 0) is 4.79 Å². The fourth-order valence-corrected chi connectivity index (χ4v) is 3.83. The van der Waals surface area contributed by atoms with Crippen LogP contribution in [0.4, 0.5) is 21.7 Å². The van der Waals surface area contributed by atoms with Crippen LogP contribution in [0, 0.1) is 0 Å². The number of aromatic nitrogens is 2. The molecule has 7 nitrogen and oxygen atoms in total. The normalized spacial score (nSPS) is 15.0. The van der Waals surface area contributed by atoms with Gasteiger partial charge in [0.15, 0.2) is 0 Å². The smallest absolute Gasteiger partial charge is 0.245 e. The Kier molecular flexibility index (Phi) is 6.53. The van der Waals surface area contributed by atoms with Gasteiger partial charge in [-0.25, -0.2) is 14.4 Å². The number of likely N-dealkylation sites (tertiary alicyclic amines) is 1. The maximum atomic E-state index is 15.9. The van der Waals surface area contributed by atoms with Crippen molar-refractivity contribution >= 4 is 23.2 Å². The van der Waals surface area contributed by atoms with E-state index in [2.05, 4.69) is 16.5 Å². The van der Waals surface area contributed by atoms with E-state index in [9.17, 15) is 4.79 Å². The molecular weight excluding hydrogens is 421 g/mol. The lowest BCUT2D eigenvalue weighted by Crippen LogP contribution is -2.48. The summed E-state index contributed by atoms with van der Waals surface area (Å²) in [6.07, 6.45) is 3.07. The number of nitrogen functional groups attached to an aromatic ring is 1. The number of halogens is 1. The number of nitrogens with two attached hydrogens (primary N) is 1. The van der Waals surface area contributed by atoms with Gasteiger partial charge in [-0.2, -0.15) is 0 Å². The SMILES string of the molecule is C=CC(=O)N1CCC(F)(CN(c2ccc(Oc3ccccc3)cc2)c2cc(N)ncn2)CC1. The Bertz CT molecular complexity index is 1100. The molecule has 0 atom stereocenters. The third kappa shape index (κ3) is 5.46. The number of nitrogens with zero attached hydrogens (tertiary/aromatic N) is 4. The minimum absolute atomic E-state index is 0.0679. The highest BCUT2D eigenvalue weighted by Gasteiger charge is 2.38. The van der Waals surface area contributed by atoms with Crippen molar-refractivity contribution in [3.63, 3.8) is 0 Å². The minimum Gasteiger partial charge on any atom is -0.457 e. The van der Waals surface area contributed by atoms with Gasteiger partial charge in [-0.1, -0.05) is 24.8 Å². The lowest BCUT2D eigenvalue weighted by Gasteiger charge is -2.39. The maximum Gasteiger partial charge on any atom is 0.245 e. The number of anilines is 3. The number of rotatable bonds is 7. The molecule has 0 saturated carbocycles. The van der Waals surface area contributed by atoms with Crippen molar-refractivity contribution in [2.45, 2.75) is 18.5 Å². The summed E-state index contributed by atoms with van der Waals surface area (Å²) in [7, 11) is 0. The number of hydrogen-bond acceptors (Lipinski definition) is 6. The van der Waals surface area contributed by atoms with Crippen LogP contribution in [0.15, 0.2) is 79.6 Å². The van der Waals surface area contributed by atoms with E-state index < -0.39 is 5.67 Å². The van der Waals surface area contributed by atoms with Crippen LogP contribution in [0.3, 0.4) is 0 Å². The fourth-order valence-electron chi connectivity index (χ4n) is 3.83. The van der Waals surface area contributed by atoms with E-state index in [0.29, 0.717) is 30.5 Å². The highest BCUT2D eigenvalue weighted by molar-refractivity contribution is 5.87. The first kappa shape index (κ1) is 22.3. The summed E-state index contributed by atoms with van der Waals surface area (Å²) in [5.41, 5.74) is 5.11. The molecular formula is C25H26FN5O2. The van der Waals surface area contributed by atoms with Crippen molar-refractivity contribution < 1.29 is 13.9 Å². The fraction of sp³-hybridized carbons (Fsp3) is 0.240. The van der Waals surface area contributed by atoms with Gasteiger partial charge < -0.3 is 20.3 Å².